The van der Waals surface area contributed by atoms with Crippen molar-refractivity contribution < 1.29 is 14.9 Å². The Bertz CT molecular complexity index is 524. The third-order valence-electron chi connectivity index (χ3n) is 4.69. The molecule has 0 aromatic heterocycles. The van der Waals surface area contributed by atoms with Gasteiger partial charge in [-0.1, -0.05) is 13.3 Å². The van der Waals surface area contributed by atoms with Crippen molar-refractivity contribution >= 4 is 17.4 Å². The largest absolute Gasteiger partial charge is 0.334 e. The van der Waals surface area contributed by atoms with Crippen molar-refractivity contribution in [2.45, 2.75) is 58.5 Å². The summed E-state index contributed by atoms with van der Waals surface area (Å²) in [6.07, 6.45) is 5.05. The van der Waals surface area contributed by atoms with E-state index in [9.17, 15) is 9.59 Å². The minimum absolute atomic E-state index is 0.0216. The first-order chi connectivity index (χ1) is 10.5. The highest BCUT2D eigenvalue weighted by atomic mass is 16.2. The Morgan fingerprint density at radius 3 is 2.41 bits per heavy atom. The highest BCUT2D eigenvalue weighted by molar-refractivity contribution is 5.96. The van der Waals surface area contributed by atoms with E-state index in [0.717, 1.165) is 5.69 Å². The number of quaternary nitrogens is 1. The quantitative estimate of drug-likeness (QED) is 0.820. The lowest BCUT2D eigenvalue weighted by atomic mass is 9.85. The van der Waals surface area contributed by atoms with Crippen LogP contribution in [0.5, 0.6) is 0 Å². The van der Waals surface area contributed by atoms with E-state index in [4.69, 9.17) is 0 Å². The van der Waals surface area contributed by atoms with Crippen LogP contribution in [0, 0.1) is 5.92 Å². The predicted octanol–water partition coefficient (Wildman–Crippen LogP) is 2.36. The Labute approximate surface area is 132 Å². The lowest BCUT2D eigenvalue weighted by molar-refractivity contribution is -0.714. The standard InChI is InChI=1S/C18H26N2O2/c1-12-6-4-5-7-17(12)19-13(2)18(22)20-16-10-8-15(9-11-16)14(3)21/h8-13,17,19H,4-7H2,1-3H3,(H,20,22)/p+1/t12-,13+,17-/m1/s1. The summed E-state index contributed by atoms with van der Waals surface area (Å²) in [5, 5.41) is 5.14. The van der Waals surface area contributed by atoms with Crippen LogP contribution in [0.25, 0.3) is 0 Å². The van der Waals surface area contributed by atoms with Crippen molar-refractivity contribution in [2.24, 2.45) is 5.92 Å². The van der Waals surface area contributed by atoms with E-state index in [0.29, 0.717) is 17.5 Å². The molecule has 0 spiro atoms. The van der Waals surface area contributed by atoms with Gasteiger partial charge in [0.1, 0.15) is 0 Å². The lowest BCUT2D eigenvalue weighted by Gasteiger charge is -2.28. The van der Waals surface area contributed by atoms with Crippen molar-refractivity contribution in [1.29, 1.82) is 0 Å². The van der Waals surface area contributed by atoms with Gasteiger partial charge in [0.15, 0.2) is 11.8 Å². The van der Waals surface area contributed by atoms with Crippen LogP contribution in [0.4, 0.5) is 5.69 Å². The van der Waals surface area contributed by atoms with Gasteiger partial charge >= 0.3 is 0 Å². The number of hydrogen-bond acceptors (Lipinski definition) is 2. The average Bonchev–Trinajstić information content (AvgIpc) is 2.50. The summed E-state index contributed by atoms with van der Waals surface area (Å²) in [6.45, 7) is 5.78. The first kappa shape index (κ1) is 16.7. The SMILES string of the molecule is CC(=O)c1ccc(NC(=O)[C@H](C)[NH2+][C@@H]2CCCC[C@H]2C)cc1. The number of ketones is 1. The van der Waals surface area contributed by atoms with Crippen molar-refractivity contribution in [3.8, 4) is 0 Å². The number of benzene rings is 1. The molecule has 1 aromatic carbocycles. The number of nitrogens with one attached hydrogen (secondary N) is 1. The van der Waals surface area contributed by atoms with Gasteiger partial charge in [0, 0.05) is 17.2 Å². The van der Waals surface area contributed by atoms with Gasteiger partial charge in [-0.25, -0.2) is 0 Å². The molecule has 1 saturated carbocycles. The fourth-order valence-electron chi connectivity index (χ4n) is 3.13. The molecule has 0 saturated heterocycles. The molecule has 0 heterocycles. The fraction of sp³-hybridized carbons (Fsp3) is 0.556. The van der Waals surface area contributed by atoms with Gasteiger partial charge < -0.3 is 10.6 Å². The Kier molecular flexibility index (Phi) is 5.72. The third-order valence-corrected chi connectivity index (χ3v) is 4.69. The van der Waals surface area contributed by atoms with Gasteiger partial charge in [-0.15, -0.1) is 0 Å². The summed E-state index contributed by atoms with van der Waals surface area (Å²) in [4.78, 5) is 23.5. The molecule has 4 heteroatoms. The molecule has 1 amide bonds. The molecule has 22 heavy (non-hydrogen) atoms. The van der Waals surface area contributed by atoms with Gasteiger partial charge in [0.2, 0.25) is 0 Å². The zero-order valence-electron chi connectivity index (χ0n) is 13.8. The second-order valence-electron chi connectivity index (χ2n) is 6.53. The second kappa shape index (κ2) is 7.54. The van der Waals surface area contributed by atoms with E-state index in [-0.39, 0.29) is 17.7 Å². The van der Waals surface area contributed by atoms with E-state index < -0.39 is 0 Å². The maximum Gasteiger partial charge on any atom is 0.282 e. The molecule has 120 valence electrons. The van der Waals surface area contributed by atoms with Crippen LogP contribution >= 0.6 is 0 Å². The molecule has 0 radical (unpaired) electrons. The third kappa shape index (κ3) is 4.41. The molecule has 1 aromatic rings. The molecule has 3 atom stereocenters. The minimum atomic E-state index is -0.0990. The normalized spacial score (nSPS) is 22.9. The van der Waals surface area contributed by atoms with Crippen LogP contribution in [0.15, 0.2) is 24.3 Å². The molecule has 3 N–H and O–H groups in total. The zero-order chi connectivity index (χ0) is 16.1. The summed E-state index contributed by atoms with van der Waals surface area (Å²) in [7, 11) is 0. The van der Waals surface area contributed by atoms with Gasteiger partial charge in [-0.05, 0) is 57.4 Å². The number of hydrogen-bond donors (Lipinski definition) is 2. The fourth-order valence-corrected chi connectivity index (χ4v) is 3.13. The number of carbonyl (C=O) groups excluding carboxylic acids is 2. The maximum absolute atomic E-state index is 12.3. The van der Waals surface area contributed by atoms with Gasteiger partial charge in [-0.3, -0.25) is 9.59 Å². The minimum Gasteiger partial charge on any atom is -0.334 e. The molecular weight excluding hydrogens is 276 g/mol. The molecule has 1 aliphatic rings. The molecule has 0 unspecified atom stereocenters. The van der Waals surface area contributed by atoms with Crippen molar-refractivity contribution in [1.82, 2.24) is 0 Å². The number of Topliss-reactive ketones (excluding diaryl/α,β-unsaturated/α-hetero) is 1. The summed E-state index contributed by atoms with van der Waals surface area (Å²) < 4.78 is 0. The second-order valence-corrected chi connectivity index (χ2v) is 6.53. The number of rotatable bonds is 5. The van der Waals surface area contributed by atoms with E-state index in [1.165, 1.54) is 32.6 Å². The topological polar surface area (TPSA) is 62.8 Å². The van der Waals surface area contributed by atoms with E-state index in [1.807, 2.05) is 6.92 Å². The molecular formula is C18H27N2O2+. The van der Waals surface area contributed by atoms with E-state index in [1.54, 1.807) is 24.3 Å². The maximum atomic E-state index is 12.3. The lowest BCUT2D eigenvalue weighted by Crippen LogP contribution is -2.97. The highest BCUT2D eigenvalue weighted by Gasteiger charge is 2.28. The van der Waals surface area contributed by atoms with Crippen molar-refractivity contribution in [2.75, 3.05) is 5.32 Å². The number of carbonyl (C=O) groups is 2. The van der Waals surface area contributed by atoms with Crippen LogP contribution in [0.3, 0.4) is 0 Å². The summed E-state index contributed by atoms with van der Waals surface area (Å²) in [6, 6.07) is 7.51. The van der Waals surface area contributed by atoms with Crippen LogP contribution in [-0.4, -0.2) is 23.8 Å². The molecule has 1 fully saturated rings. The van der Waals surface area contributed by atoms with Crippen LogP contribution < -0.4 is 10.6 Å². The first-order valence-corrected chi connectivity index (χ1v) is 8.24. The van der Waals surface area contributed by atoms with Crippen LogP contribution in [-0.2, 0) is 4.79 Å². The molecule has 2 rings (SSSR count). The average molecular weight is 303 g/mol. The van der Waals surface area contributed by atoms with Crippen LogP contribution in [0.2, 0.25) is 0 Å². The monoisotopic (exact) mass is 303 g/mol. The van der Waals surface area contributed by atoms with Gasteiger partial charge in [0.05, 0.1) is 6.04 Å². The summed E-state index contributed by atoms with van der Waals surface area (Å²) in [5.74, 6) is 0.734. The van der Waals surface area contributed by atoms with Crippen LogP contribution in [0.1, 0.15) is 56.8 Å². The number of nitrogens with two attached hydrogens (primary N) is 1. The van der Waals surface area contributed by atoms with Gasteiger partial charge in [-0.2, -0.15) is 0 Å². The Hall–Kier alpha value is -1.68. The highest BCUT2D eigenvalue weighted by Crippen LogP contribution is 2.21. The first-order valence-electron chi connectivity index (χ1n) is 8.24. The van der Waals surface area contributed by atoms with E-state index >= 15 is 0 Å². The number of anilines is 1. The van der Waals surface area contributed by atoms with E-state index in [2.05, 4.69) is 17.6 Å². The Morgan fingerprint density at radius 2 is 1.82 bits per heavy atom. The smallest absolute Gasteiger partial charge is 0.282 e. The molecule has 4 nitrogen and oxygen atoms in total. The van der Waals surface area contributed by atoms with Gasteiger partial charge in [0.25, 0.3) is 5.91 Å². The van der Waals surface area contributed by atoms with Crippen molar-refractivity contribution in [3.05, 3.63) is 29.8 Å². The zero-order valence-corrected chi connectivity index (χ0v) is 13.8. The molecule has 0 bridgehead atoms. The Morgan fingerprint density at radius 1 is 1.18 bits per heavy atom. The predicted molar refractivity (Wildman–Crippen MR) is 87.9 cm³/mol. The number of amides is 1. The summed E-state index contributed by atoms with van der Waals surface area (Å²) in [5.41, 5.74) is 1.40. The summed E-state index contributed by atoms with van der Waals surface area (Å²) >= 11 is 0. The molecule has 1 aliphatic carbocycles. The Balaban J connectivity index is 1.89. The molecule has 0 aliphatic heterocycles. The van der Waals surface area contributed by atoms with Crippen molar-refractivity contribution in [3.63, 3.8) is 0 Å².